The van der Waals surface area contributed by atoms with Gasteiger partial charge in [0.25, 0.3) is 0 Å². The number of rotatable bonds is 9. The Morgan fingerprint density at radius 3 is 2.74 bits per heavy atom. The van der Waals surface area contributed by atoms with Gasteiger partial charge in [0.05, 0.1) is 11.3 Å². The quantitative estimate of drug-likeness (QED) is 0.374. The average Bonchev–Trinajstić information content (AvgIpc) is 3.39. The van der Waals surface area contributed by atoms with Crippen LogP contribution in [0.4, 0.5) is 5.00 Å². The summed E-state index contributed by atoms with van der Waals surface area (Å²) in [5, 5.41) is 22.6. The van der Waals surface area contributed by atoms with Gasteiger partial charge in [-0.25, -0.2) is 0 Å². The van der Waals surface area contributed by atoms with Gasteiger partial charge in [-0.2, -0.15) is 5.26 Å². The molecule has 4 rings (SSSR count). The van der Waals surface area contributed by atoms with Crippen molar-refractivity contribution in [1.82, 2.24) is 14.8 Å². The van der Waals surface area contributed by atoms with Gasteiger partial charge in [-0.15, -0.1) is 21.5 Å². The highest BCUT2D eigenvalue weighted by molar-refractivity contribution is 7.99. The van der Waals surface area contributed by atoms with Gasteiger partial charge < -0.3 is 14.6 Å². The lowest BCUT2D eigenvalue weighted by molar-refractivity contribution is -0.113. The number of carbonyl (C=O) groups is 1. The molecular formula is C26H31N5O2S2. The molecule has 2 aromatic heterocycles. The SMILES string of the molecule is CCC1CCc2c(sc(NC(=O)CSc3nnc(COc4cc(C)cc(C)c4)n3CC)c2C#N)C1. The maximum absolute atomic E-state index is 12.8. The Kier molecular flexibility index (Phi) is 8.14. The van der Waals surface area contributed by atoms with Gasteiger partial charge in [-0.1, -0.05) is 31.2 Å². The second-order valence-corrected chi connectivity index (χ2v) is 11.0. The van der Waals surface area contributed by atoms with E-state index in [1.807, 2.05) is 37.5 Å². The zero-order chi connectivity index (χ0) is 24.9. The minimum atomic E-state index is -0.143. The summed E-state index contributed by atoms with van der Waals surface area (Å²) in [7, 11) is 0. The van der Waals surface area contributed by atoms with Crippen LogP contribution >= 0.6 is 23.1 Å². The number of carbonyl (C=O) groups excluding carboxylic acids is 1. The van der Waals surface area contributed by atoms with E-state index in [2.05, 4.69) is 34.6 Å². The molecule has 1 aliphatic carbocycles. The number of thiophene rings is 1. The van der Waals surface area contributed by atoms with Gasteiger partial charge in [-0.3, -0.25) is 4.79 Å². The highest BCUT2D eigenvalue weighted by atomic mass is 32.2. The molecule has 0 radical (unpaired) electrons. The van der Waals surface area contributed by atoms with Gasteiger partial charge in [0.2, 0.25) is 5.91 Å². The molecule has 0 bridgehead atoms. The minimum absolute atomic E-state index is 0.143. The van der Waals surface area contributed by atoms with E-state index in [0.29, 0.717) is 34.8 Å². The number of nitrogens with one attached hydrogen (secondary N) is 1. The van der Waals surface area contributed by atoms with E-state index in [1.54, 1.807) is 11.3 Å². The van der Waals surface area contributed by atoms with Crippen LogP contribution < -0.4 is 10.1 Å². The van der Waals surface area contributed by atoms with Crippen molar-refractivity contribution in [2.24, 2.45) is 5.92 Å². The number of hydrogen-bond acceptors (Lipinski definition) is 7. The summed E-state index contributed by atoms with van der Waals surface area (Å²) in [6.45, 7) is 9.30. The van der Waals surface area contributed by atoms with Crippen LogP contribution in [0.3, 0.4) is 0 Å². The van der Waals surface area contributed by atoms with Crippen molar-refractivity contribution in [2.75, 3.05) is 11.1 Å². The first kappa shape index (κ1) is 25.3. The number of anilines is 1. The van der Waals surface area contributed by atoms with Crippen LogP contribution in [0, 0.1) is 31.1 Å². The van der Waals surface area contributed by atoms with E-state index < -0.39 is 0 Å². The number of nitriles is 1. The van der Waals surface area contributed by atoms with Crippen molar-refractivity contribution < 1.29 is 9.53 Å². The Morgan fingerprint density at radius 2 is 2.06 bits per heavy atom. The second kappa shape index (κ2) is 11.3. The molecule has 2 heterocycles. The van der Waals surface area contributed by atoms with Gasteiger partial charge in [-0.05, 0) is 74.8 Å². The Labute approximate surface area is 214 Å². The third-order valence-corrected chi connectivity index (χ3v) is 8.45. The van der Waals surface area contributed by atoms with Crippen molar-refractivity contribution in [3.63, 3.8) is 0 Å². The molecule has 0 saturated heterocycles. The first-order valence-corrected chi connectivity index (χ1v) is 13.8. The number of hydrogen-bond donors (Lipinski definition) is 1. The topological polar surface area (TPSA) is 92.8 Å². The van der Waals surface area contributed by atoms with E-state index in [-0.39, 0.29) is 11.7 Å². The van der Waals surface area contributed by atoms with E-state index in [0.717, 1.165) is 53.9 Å². The van der Waals surface area contributed by atoms with E-state index in [1.165, 1.54) is 16.6 Å². The second-order valence-electron chi connectivity index (χ2n) is 8.93. The fraction of sp³-hybridized carbons (Fsp3) is 0.462. The van der Waals surface area contributed by atoms with Crippen LogP contribution in [0.25, 0.3) is 0 Å². The predicted molar refractivity (Wildman–Crippen MR) is 140 cm³/mol. The Balaban J connectivity index is 1.38. The van der Waals surface area contributed by atoms with Gasteiger partial charge in [0.15, 0.2) is 11.0 Å². The summed E-state index contributed by atoms with van der Waals surface area (Å²) in [6, 6.07) is 8.43. The van der Waals surface area contributed by atoms with Crippen LogP contribution in [0.2, 0.25) is 0 Å². The molecule has 35 heavy (non-hydrogen) atoms. The monoisotopic (exact) mass is 509 g/mol. The first-order valence-electron chi connectivity index (χ1n) is 12.0. The molecule has 7 nitrogen and oxygen atoms in total. The number of amides is 1. The molecule has 1 N–H and O–H groups in total. The maximum atomic E-state index is 12.8. The van der Waals surface area contributed by atoms with Gasteiger partial charge in [0, 0.05) is 11.4 Å². The van der Waals surface area contributed by atoms with Crippen LogP contribution in [0.1, 0.15) is 59.6 Å². The largest absolute Gasteiger partial charge is 0.486 e. The fourth-order valence-corrected chi connectivity index (χ4v) is 6.67. The zero-order valence-corrected chi connectivity index (χ0v) is 22.3. The highest BCUT2D eigenvalue weighted by Crippen LogP contribution is 2.40. The zero-order valence-electron chi connectivity index (χ0n) is 20.7. The smallest absolute Gasteiger partial charge is 0.235 e. The molecule has 1 unspecified atom stereocenters. The van der Waals surface area contributed by atoms with Crippen LogP contribution in [-0.4, -0.2) is 26.4 Å². The number of aryl methyl sites for hydroxylation is 2. The number of thioether (sulfide) groups is 1. The van der Waals surface area contributed by atoms with Gasteiger partial charge in [0.1, 0.15) is 23.4 Å². The van der Waals surface area contributed by atoms with Crippen LogP contribution in [0.5, 0.6) is 5.75 Å². The molecular weight excluding hydrogens is 478 g/mol. The molecule has 1 amide bonds. The Hall–Kier alpha value is -2.83. The third kappa shape index (κ3) is 5.88. The predicted octanol–water partition coefficient (Wildman–Crippen LogP) is 5.67. The highest BCUT2D eigenvalue weighted by Gasteiger charge is 2.26. The van der Waals surface area contributed by atoms with Crippen molar-refractivity contribution in [1.29, 1.82) is 5.26 Å². The number of nitrogens with zero attached hydrogens (tertiary/aromatic N) is 4. The number of fused-ring (bicyclic) bond motifs is 1. The molecule has 0 spiro atoms. The summed E-state index contributed by atoms with van der Waals surface area (Å²) < 4.78 is 7.92. The van der Waals surface area contributed by atoms with Crippen LogP contribution in [0.15, 0.2) is 23.4 Å². The molecule has 1 aliphatic rings. The maximum Gasteiger partial charge on any atom is 0.235 e. The van der Waals surface area contributed by atoms with Crippen molar-refractivity contribution in [3.8, 4) is 11.8 Å². The fourth-order valence-electron chi connectivity index (χ4n) is 4.52. The van der Waals surface area contributed by atoms with Crippen molar-refractivity contribution in [2.45, 2.75) is 71.7 Å². The molecule has 184 valence electrons. The minimum Gasteiger partial charge on any atom is -0.486 e. The first-order chi connectivity index (χ1) is 16.9. The summed E-state index contributed by atoms with van der Waals surface area (Å²) >= 11 is 2.90. The Morgan fingerprint density at radius 1 is 1.29 bits per heavy atom. The summed E-state index contributed by atoms with van der Waals surface area (Å²) in [4.78, 5) is 14.0. The summed E-state index contributed by atoms with van der Waals surface area (Å²) in [6.07, 6.45) is 4.18. The average molecular weight is 510 g/mol. The van der Waals surface area contributed by atoms with E-state index >= 15 is 0 Å². The lowest BCUT2D eigenvalue weighted by Gasteiger charge is -2.20. The van der Waals surface area contributed by atoms with Crippen LogP contribution in [-0.2, 0) is 30.8 Å². The molecule has 0 saturated carbocycles. The molecule has 1 atom stereocenters. The number of benzene rings is 1. The third-order valence-electron chi connectivity index (χ3n) is 6.31. The summed E-state index contributed by atoms with van der Waals surface area (Å²) in [5.74, 6) is 2.24. The standard InChI is InChI=1S/C26H31N5O2S2/c1-5-18-7-8-20-21(13-27)25(35-22(20)12-18)28-24(32)15-34-26-30-29-23(31(26)6-2)14-33-19-10-16(3)9-17(4)11-19/h9-11,18H,5-8,12,14-15H2,1-4H3,(H,28,32). The molecule has 9 heteroatoms. The molecule has 3 aromatic rings. The lowest BCUT2D eigenvalue weighted by atomic mass is 9.86. The summed E-state index contributed by atoms with van der Waals surface area (Å²) in [5.41, 5.74) is 4.07. The lowest BCUT2D eigenvalue weighted by Crippen LogP contribution is -2.15. The molecule has 0 fully saturated rings. The van der Waals surface area contributed by atoms with Crippen molar-refractivity contribution >= 4 is 34.0 Å². The molecule has 1 aromatic carbocycles. The number of ether oxygens (including phenoxy) is 1. The van der Waals surface area contributed by atoms with E-state index in [9.17, 15) is 10.1 Å². The van der Waals surface area contributed by atoms with E-state index in [4.69, 9.17) is 4.74 Å². The Bertz CT molecular complexity index is 1240. The normalized spacial score (nSPS) is 14.9. The van der Waals surface area contributed by atoms with Gasteiger partial charge >= 0.3 is 0 Å². The molecule has 0 aliphatic heterocycles. The van der Waals surface area contributed by atoms with Crippen molar-refractivity contribution in [3.05, 3.63) is 51.2 Å². The number of aromatic nitrogens is 3.